The van der Waals surface area contributed by atoms with Crippen molar-refractivity contribution >= 4 is 29.8 Å². The maximum Gasteiger partial charge on any atom is 0.277 e. The minimum Gasteiger partial charge on any atom is -0.496 e. The molecule has 0 fully saturated rings. The van der Waals surface area contributed by atoms with Gasteiger partial charge >= 0.3 is 0 Å². The number of nitrogens with one attached hydrogen (secondary N) is 1. The van der Waals surface area contributed by atoms with Gasteiger partial charge in [-0.15, -0.1) is 0 Å². The van der Waals surface area contributed by atoms with E-state index < -0.39 is 0 Å². The van der Waals surface area contributed by atoms with Crippen LogP contribution < -0.4 is 14.9 Å². The maximum atomic E-state index is 11.6. The lowest BCUT2D eigenvalue weighted by molar-refractivity contribution is -0.123. The van der Waals surface area contributed by atoms with Crippen molar-refractivity contribution in [2.45, 2.75) is 0 Å². The average Bonchev–Trinajstić information content (AvgIpc) is 2.61. The minimum atomic E-state index is -0.355. The van der Waals surface area contributed by atoms with Gasteiger partial charge in [0.2, 0.25) is 0 Å². The molecule has 0 spiro atoms. The molecular weight excluding hydrogens is 328 g/mol. The normalized spacial score (nSPS) is 10.9. The number of benzene rings is 2. The molecule has 0 aliphatic rings. The van der Waals surface area contributed by atoms with E-state index in [1.165, 1.54) is 6.21 Å². The Morgan fingerprint density at radius 2 is 1.96 bits per heavy atom. The molecule has 0 aliphatic carbocycles. The van der Waals surface area contributed by atoms with Crippen LogP contribution in [0.1, 0.15) is 5.56 Å². The second kappa shape index (κ2) is 9.37. The first-order chi connectivity index (χ1) is 11.7. The number of halogens is 1. The third-order valence-electron chi connectivity index (χ3n) is 2.95. The second-order valence-electron chi connectivity index (χ2n) is 4.66. The number of hydrogen-bond acceptors (Lipinski definition) is 4. The summed E-state index contributed by atoms with van der Waals surface area (Å²) >= 11 is 5.77. The summed E-state index contributed by atoms with van der Waals surface area (Å²) in [6, 6.07) is 14.4. The van der Waals surface area contributed by atoms with Crippen LogP contribution in [0.25, 0.3) is 6.08 Å². The van der Waals surface area contributed by atoms with E-state index in [1.807, 2.05) is 30.3 Å². The van der Waals surface area contributed by atoms with Crippen LogP contribution in [-0.2, 0) is 4.79 Å². The number of carbonyl (C=O) groups is 1. The van der Waals surface area contributed by atoms with E-state index in [9.17, 15) is 4.79 Å². The standard InChI is InChI=1S/C18H17ClN2O3/c1-23-17-7-3-2-5-14(17)6-4-12-20-21-18(22)13-24-16-10-8-15(19)9-11-16/h2-12H,13H2,1H3,(H,21,22)/b6-4+,20-12-. The fourth-order valence-electron chi connectivity index (χ4n) is 1.82. The zero-order chi connectivity index (χ0) is 17.2. The number of para-hydroxylation sites is 1. The molecule has 0 unspecified atom stereocenters. The van der Waals surface area contributed by atoms with Gasteiger partial charge in [-0.2, -0.15) is 5.10 Å². The van der Waals surface area contributed by atoms with Gasteiger partial charge in [0, 0.05) is 16.8 Å². The average molecular weight is 345 g/mol. The van der Waals surface area contributed by atoms with Crippen LogP contribution in [0.4, 0.5) is 0 Å². The van der Waals surface area contributed by atoms with Crippen molar-refractivity contribution in [2.24, 2.45) is 5.10 Å². The minimum absolute atomic E-state index is 0.130. The summed E-state index contributed by atoms with van der Waals surface area (Å²) < 4.78 is 10.5. The first-order valence-electron chi connectivity index (χ1n) is 7.19. The molecule has 0 heterocycles. The zero-order valence-electron chi connectivity index (χ0n) is 13.1. The molecule has 0 bridgehead atoms. The van der Waals surface area contributed by atoms with E-state index in [-0.39, 0.29) is 12.5 Å². The first kappa shape index (κ1) is 17.6. The van der Waals surface area contributed by atoms with Crippen molar-refractivity contribution in [3.05, 3.63) is 65.2 Å². The molecule has 0 saturated heterocycles. The first-order valence-corrected chi connectivity index (χ1v) is 7.57. The van der Waals surface area contributed by atoms with Crippen LogP contribution in [-0.4, -0.2) is 25.8 Å². The van der Waals surface area contributed by atoms with Gasteiger partial charge in [0.25, 0.3) is 5.91 Å². The fraction of sp³-hybridized carbons (Fsp3) is 0.111. The third-order valence-corrected chi connectivity index (χ3v) is 3.20. The molecular formula is C18H17ClN2O3. The highest BCUT2D eigenvalue weighted by Crippen LogP contribution is 2.18. The highest BCUT2D eigenvalue weighted by molar-refractivity contribution is 6.30. The summed E-state index contributed by atoms with van der Waals surface area (Å²) in [5.74, 6) is 0.976. The van der Waals surface area contributed by atoms with Crippen molar-refractivity contribution < 1.29 is 14.3 Å². The van der Waals surface area contributed by atoms with Gasteiger partial charge in [-0.25, -0.2) is 5.43 Å². The lowest BCUT2D eigenvalue weighted by Gasteiger charge is -2.04. The Hall–Kier alpha value is -2.79. The zero-order valence-corrected chi connectivity index (χ0v) is 13.9. The summed E-state index contributed by atoms with van der Waals surface area (Å²) in [4.78, 5) is 11.6. The summed E-state index contributed by atoms with van der Waals surface area (Å²) in [7, 11) is 1.61. The number of nitrogens with zero attached hydrogens (tertiary/aromatic N) is 1. The maximum absolute atomic E-state index is 11.6. The molecule has 2 aromatic carbocycles. The third kappa shape index (κ3) is 5.78. The summed E-state index contributed by atoms with van der Waals surface area (Å²) in [6.07, 6.45) is 5.02. The fourth-order valence-corrected chi connectivity index (χ4v) is 1.94. The number of hydrogen-bond donors (Lipinski definition) is 1. The van der Waals surface area contributed by atoms with Crippen LogP contribution >= 0.6 is 11.6 Å². The van der Waals surface area contributed by atoms with Gasteiger partial charge in [0.05, 0.1) is 7.11 Å². The molecule has 5 nitrogen and oxygen atoms in total. The van der Waals surface area contributed by atoms with Gasteiger partial charge in [-0.05, 0) is 42.5 Å². The number of methoxy groups -OCH3 is 1. The number of carbonyl (C=O) groups excluding carboxylic acids is 1. The van der Waals surface area contributed by atoms with Crippen molar-refractivity contribution in [3.63, 3.8) is 0 Å². The van der Waals surface area contributed by atoms with Crippen LogP contribution in [0.5, 0.6) is 11.5 Å². The van der Waals surface area contributed by atoms with E-state index in [4.69, 9.17) is 21.1 Å². The Morgan fingerprint density at radius 1 is 1.21 bits per heavy atom. The van der Waals surface area contributed by atoms with E-state index in [1.54, 1.807) is 37.5 Å². The van der Waals surface area contributed by atoms with Gasteiger partial charge in [0.15, 0.2) is 6.61 Å². The largest absolute Gasteiger partial charge is 0.496 e. The van der Waals surface area contributed by atoms with Crippen molar-refractivity contribution in [1.29, 1.82) is 0 Å². The van der Waals surface area contributed by atoms with Crippen LogP contribution in [0.15, 0.2) is 59.7 Å². The molecule has 124 valence electrons. The number of amides is 1. The SMILES string of the molecule is COc1ccccc1/C=C/C=N\NC(=O)COc1ccc(Cl)cc1. The summed E-state index contributed by atoms with van der Waals surface area (Å²) in [5, 5.41) is 4.42. The predicted octanol–water partition coefficient (Wildman–Crippen LogP) is 3.54. The van der Waals surface area contributed by atoms with E-state index in [2.05, 4.69) is 10.5 Å². The molecule has 2 rings (SSSR count). The van der Waals surface area contributed by atoms with Gasteiger partial charge in [0.1, 0.15) is 11.5 Å². The van der Waals surface area contributed by atoms with E-state index in [0.717, 1.165) is 11.3 Å². The molecule has 1 N–H and O–H groups in total. The second-order valence-corrected chi connectivity index (χ2v) is 5.09. The van der Waals surface area contributed by atoms with E-state index in [0.29, 0.717) is 10.8 Å². The highest BCUT2D eigenvalue weighted by Gasteiger charge is 2.01. The summed E-state index contributed by atoms with van der Waals surface area (Å²) in [5.41, 5.74) is 3.30. The Bertz CT molecular complexity index is 727. The molecule has 6 heteroatoms. The van der Waals surface area contributed by atoms with Crippen molar-refractivity contribution in [2.75, 3.05) is 13.7 Å². The molecule has 0 radical (unpaired) electrons. The number of ether oxygens (including phenoxy) is 2. The quantitative estimate of drug-likeness (QED) is 0.617. The van der Waals surface area contributed by atoms with Crippen molar-refractivity contribution in [3.8, 4) is 11.5 Å². The molecule has 0 aromatic heterocycles. The van der Waals surface area contributed by atoms with Crippen LogP contribution in [0, 0.1) is 0 Å². The Balaban J connectivity index is 1.76. The Kier molecular flexibility index (Phi) is 6.86. The molecule has 1 amide bonds. The molecule has 0 saturated carbocycles. The molecule has 2 aromatic rings. The molecule has 0 atom stereocenters. The number of hydrazone groups is 1. The van der Waals surface area contributed by atoms with Gasteiger partial charge in [-0.1, -0.05) is 29.8 Å². The summed E-state index contributed by atoms with van der Waals surface area (Å²) in [6.45, 7) is -0.130. The molecule has 0 aliphatic heterocycles. The number of rotatable bonds is 7. The number of allylic oxidation sites excluding steroid dienone is 1. The van der Waals surface area contributed by atoms with Gasteiger partial charge in [-0.3, -0.25) is 4.79 Å². The van der Waals surface area contributed by atoms with Gasteiger partial charge < -0.3 is 9.47 Å². The monoisotopic (exact) mass is 344 g/mol. The predicted molar refractivity (Wildman–Crippen MR) is 95.6 cm³/mol. The van der Waals surface area contributed by atoms with E-state index >= 15 is 0 Å². The molecule has 24 heavy (non-hydrogen) atoms. The highest BCUT2D eigenvalue weighted by atomic mass is 35.5. The Labute approximate surface area is 145 Å². The van der Waals surface area contributed by atoms with Crippen molar-refractivity contribution in [1.82, 2.24) is 5.43 Å². The lowest BCUT2D eigenvalue weighted by atomic mass is 10.2. The smallest absolute Gasteiger partial charge is 0.277 e. The van der Waals surface area contributed by atoms with Crippen LogP contribution in [0.2, 0.25) is 5.02 Å². The van der Waals surface area contributed by atoms with Crippen LogP contribution in [0.3, 0.4) is 0 Å². The lowest BCUT2D eigenvalue weighted by Crippen LogP contribution is -2.24. The Morgan fingerprint density at radius 3 is 2.71 bits per heavy atom. The topological polar surface area (TPSA) is 59.9 Å².